The smallest absolute Gasteiger partial charge is 0.254 e. The zero-order valence-electron chi connectivity index (χ0n) is 9.61. The molecule has 0 N–H and O–H groups in total. The fraction of sp³-hybridized carbons (Fsp3) is 0.462. The Hall–Kier alpha value is -0.580. The van der Waals surface area contributed by atoms with Crippen LogP contribution in [0.4, 0.5) is 0 Å². The van der Waals surface area contributed by atoms with E-state index in [9.17, 15) is 4.79 Å². The highest BCUT2D eigenvalue weighted by Crippen LogP contribution is 2.30. The summed E-state index contributed by atoms with van der Waals surface area (Å²) in [5, 5.41) is 0. The molecule has 0 saturated heterocycles. The molecule has 1 fully saturated rings. The molecule has 0 bridgehead atoms. The molecule has 1 aliphatic carbocycles. The third kappa shape index (κ3) is 2.56. The fourth-order valence-corrected chi connectivity index (χ4v) is 2.28. The van der Waals surface area contributed by atoms with Gasteiger partial charge in [-0.05, 0) is 73.5 Å². The van der Waals surface area contributed by atoms with Gasteiger partial charge in [-0.25, -0.2) is 0 Å². The minimum absolute atomic E-state index is 0.175. The number of carbonyl (C=O) groups is 1. The lowest BCUT2D eigenvalue weighted by molar-refractivity contribution is 0.0690. The molecule has 1 aliphatic rings. The molecule has 2 rings (SSSR count). The zero-order chi connectivity index (χ0) is 11.7. The van der Waals surface area contributed by atoms with Gasteiger partial charge in [-0.15, -0.1) is 0 Å². The van der Waals surface area contributed by atoms with E-state index in [0.29, 0.717) is 12.1 Å². The molecule has 1 saturated carbocycles. The van der Waals surface area contributed by atoms with Crippen LogP contribution in [0.2, 0.25) is 0 Å². The Bertz CT molecular complexity index is 379. The molecule has 1 amide bonds. The maximum atomic E-state index is 12.3. The number of halogens is 1. The second-order valence-electron chi connectivity index (χ2n) is 4.54. The first kappa shape index (κ1) is 11.9. The summed E-state index contributed by atoms with van der Waals surface area (Å²) in [7, 11) is 0. The quantitative estimate of drug-likeness (QED) is 0.779. The number of carbonyl (C=O) groups excluding carboxylic acids is 1. The van der Waals surface area contributed by atoms with Gasteiger partial charge in [0.05, 0.1) is 0 Å². The number of rotatable bonds is 3. The van der Waals surface area contributed by atoms with Gasteiger partial charge in [0, 0.05) is 21.2 Å². The summed E-state index contributed by atoms with van der Waals surface area (Å²) in [6.45, 7) is 4.17. The lowest BCUT2D eigenvalue weighted by atomic mass is 10.1. The van der Waals surface area contributed by atoms with Crippen molar-refractivity contribution >= 4 is 28.5 Å². The lowest BCUT2D eigenvalue weighted by Crippen LogP contribution is -2.38. The molecule has 3 heteroatoms. The summed E-state index contributed by atoms with van der Waals surface area (Å²) in [5.74, 6) is 0.175. The maximum absolute atomic E-state index is 12.3. The van der Waals surface area contributed by atoms with Crippen molar-refractivity contribution in [3.05, 3.63) is 33.4 Å². The molecule has 0 unspecified atom stereocenters. The predicted octanol–water partition coefficient (Wildman–Crippen LogP) is 3.30. The van der Waals surface area contributed by atoms with Crippen LogP contribution in [0.5, 0.6) is 0 Å². The highest BCUT2D eigenvalue weighted by molar-refractivity contribution is 14.1. The van der Waals surface area contributed by atoms with Crippen molar-refractivity contribution < 1.29 is 4.79 Å². The molecule has 0 heterocycles. The summed E-state index contributed by atoms with van der Waals surface area (Å²) in [4.78, 5) is 14.3. The summed E-state index contributed by atoms with van der Waals surface area (Å²) >= 11 is 2.25. The van der Waals surface area contributed by atoms with Gasteiger partial charge in [-0.3, -0.25) is 4.79 Å². The molecule has 0 spiro atoms. The molecule has 1 aromatic carbocycles. The second-order valence-corrected chi connectivity index (χ2v) is 5.79. The van der Waals surface area contributed by atoms with Gasteiger partial charge in [0.15, 0.2) is 0 Å². The van der Waals surface area contributed by atoms with Gasteiger partial charge in [-0.2, -0.15) is 0 Å². The number of nitrogens with zero attached hydrogens (tertiary/aromatic N) is 1. The second kappa shape index (κ2) is 4.73. The summed E-state index contributed by atoms with van der Waals surface area (Å²) in [5.41, 5.74) is 0.806. The van der Waals surface area contributed by atoms with E-state index < -0.39 is 0 Å². The highest BCUT2D eigenvalue weighted by Gasteiger charge is 2.34. The zero-order valence-corrected chi connectivity index (χ0v) is 11.8. The van der Waals surface area contributed by atoms with Crippen LogP contribution in [-0.2, 0) is 0 Å². The molecule has 0 radical (unpaired) electrons. The number of hydrogen-bond acceptors (Lipinski definition) is 1. The predicted molar refractivity (Wildman–Crippen MR) is 73.5 cm³/mol. The Balaban J connectivity index is 2.19. The van der Waals surface area contributed by atoms with Crippen molar-refractivity contribution in [2.45, 2.75) is 38.8 Å². The van der Waals surface area contributed by atoms with Crippen LogP contribution in [0.15, 0.2) is 24.3 Å². The van der Waals surface area contributed by atoms with Crippen molar-refractivity contribution in [1.29, 1.82) is 0 Å². The third-order valence-corrected chi connectivity index (χ3v) is 3.54. The standard InChI is InChI=1S/C13H16INO/c1-9(2)15(12-7-8-12)13(16)10-3-5-11(14)6-4-10/h3-6,9,12H,7-8H2,1-2H3. The van der Waals surface area contributed by atoms with E-state index in [4.69, 9.17) is 0 Å². The number of benzene rings is 1. The largest absolute Gasteiger partial charge is 0.333 e. The first-order valence-electron chi connectivity index (χ1n) is 5.68. The van der Waals surface area contributed by atoms with E-state index >= 15 is 0 Å². The first-order valence-corrected chi connectivity index (χ1v) is 6.75. The van der Waals surface area contributed by atoms with Crippen LogP contribution in [-0.4, -0.2) is 22.9 Å². The molecule has 0 aliphatic heterocycles. The van der Waals surface area contributed by atoms with E-state index in [0.717, 1.165) is 22.0 Å². The Kier molecular flexibility index (Phi) is 3.52. The minimum atomic E-state index is 0.175. The van der Waals surface area contributed by atoms with Gasteiger partial charge >= 0.3 is 0 Å². The van der Waals surface area contributed by atoms with Crippen molar-refractivity contribution in [2.75, 3.05) is 0 Å². The van der Waals surface area contributed by atoms with E-state index in [1.807, 2.05) is 29.2 Å². The molecular formula is C13H16INO. The van der Waals surface area contributed by atoms with E-state index in [-0.39, 0.29) is 5.91 Å². The minimum Gasteiger partial charge on any atom is -0.333 e. The van der Waals surface area contributed by atoms with Crippen LogP contribution < -0.4 is 0 Å². The van der Waals surface area contributed by atoms with Crippen LogP contribution >= 0.6 is 22.6 Å². The normalized spacial score (nSPS) is 15.2. The molecule has 86 valence electrons. The number of amides is 1. The van der Waals surface area contributed by atoms with Crippen molar-refractivity contribution in [1.82, 2.24) is 4.90 Å². The first-order chi connectivity index (χ1) is 7.59. The Morgan fingerprint density at radius 2 is 1.88 bits per heavy atom. The van der Waals surface area contributed by atoms with Gasteiger partial charge < -0.3 is 4.90 Å². The van der Waals surface area contributed by atoms with Crippen molar-refractivity contribution in [3.8, 4) is 0 Å². The Labute approximate surface area is 110 Å². The third-order valence-electron chi connectivity index (χ3n) is 2.82. The van der Waals surface area contributed by atoms with Crippen LogP contribution in [0.25, 0.3) is 0 Å². The average molecular weight is 329 g/mol. The number of hydrogen-bond donors (Lipinski definition) is 0. The Morgan fingerprint density at radius 1 is 1.31 bits per heavy atom. The molecule has 2 nitrogen and oxygen atoms in total. The molecule has 1 aromatic rings. The molecule has 16 heavy (non-hydrogen) atoms. The van der Waals surface area contributed by atoms with E-state index in [1.165, 1.54) is 0 Å². The average Bonchev–Trinajstić information content (AvgIpc) is 3.02. The Morgan fingerprint density at radius 3 is 2.31 bits per heavy atom. The highest BCUT2D eigenvalue weighted by atomic mass is 127. The van der Waals surface area contributed by atoms with Crippen LogP contribution in [0.3, 0.4) is 0 Å². The monoisotopic (exact) mass is 329 g/mol. The van der Waals surface area contributed by atoms with Gasteiger partial charge in [0.1, 0.15) is 0 Å². The van der Waals surface area contributed by atoms with Gasteiger partial charge in [0.2, 0.25) is 0 Å². The van der Waals surface area contributed by atoms with Gasteiger partial charge in [-0.1, -0.05) is 0 Å². The van der Waals surface area contributed by atoms with Crippen LogP contribution in [0, 0.1) is 3.57 Å². The molecular weight excluding hydrogens is 313 g/mol. The fourth-order valence-electron chi connectivity index (χ4n) is 1.92. The van der Waals surface area contributed by atoms with Crippen molar-refractivity contribution in [3.63, 3.8) is 0 Å². The van der Waals surface area contributed by atoms with Crippen LogP contribution in [0.1, 0.15) is 37.0 Å². The van der Waals surface area contributed by atoms with E-state index in [1.54, 1.807) is 0 Å². The molecule has 0 atom stereocenters. The van der Waals surface area contributed by atoms with Crippen molar-refractivity contribution in [2.24, 2.45) is 0 Å². The maximum Gasteiger partial charge on any atom is 0.254 e. The van der Waals surface area contributed by atoms with E-state index in [2.05, 4.69) is 36.4 Å². The summed E-state index contributed by atoms with van der Waals surface area (Å²) in [6, 6.07) is 8.58. The summed E-state index contributed by atoms with van der Waals surface area (Å²) in [6.07, 6.45) is 2.32. The lowest BCUT2D eigenvalue weighted by Gasteiger charge is -2.26. The molecule has 0 aromatic heterocycles. The SMILES string of the molecule is CC(C)N(C(=O)c1ccc(I)cc1)C1CC1. The van der Waals surface area contributed by atoms with Gasteiger partial charge in [0.25, 0.3) is 5.91 Å². The topological polar surface area (TPSA) is 20.3 Å². The summed E-state index contributed by atoms with van der Waals surface area (Å²) < 4.78 is 1.16.